The minimum Gasteiger partial charge on any atom is -0.493 e. The van der Waals surface area contributed by atoms with Gasteiger partial charge < -0.3 is 20.1 Å². The molecule has 5 rings (SSSR count). The van der Waals surface area contributed by atoms with Crippen molar-refractivity contribution in [2.45, 2.75) is 12.8 Å². The summed E-state index contributed by atoms with van der Waals surface area (Å²) in [5, 5.41) is 9.66. The number of hydrogen-bond donors (Lipinski definition) is 2. The molecule has 0 aliphatic carbocycles. The van der Waals surface area contributed by atoms with Crippen LogP contribution in [0, 0.1) is 0 Å². The highest BCUT2D eigenvalue weighted by Crippen LogP contribution is 2.40. The standard InChI is InChI=1S/C25H22N2O2/c1-28-22-14-13-19(15-23(22)29-16-17-7-3-2-4-8-17)25-26-20-11-5-9-18-10-6-12-21(27-25)24(18)20/h2-15,25-27H,16H2,1H3. The minimum atomic E-state index is -0.0551. The second-order valence-corrected chi connectivity index (χ2v) is 7.12. The summed E-state index contributed by atoms with van der Waals surface area (Å²) in [6.07, 6.45) is -0.0551. The van der Waals surface area contributed by atoms with Crippen LogP contribution >= 0.6 is 0 Å². The fourth-order valence-corrected chi connectivity index (χ4v) is 3.82. The molecule has 0 spiro atoms. The Balaban J connectivity index is 1.44. The molecule has 2 N–H and O–H groups in total. The zero-order valence-electron chi connectivity index (χ0n) is 16.2. The normalized spacial score (nSPS) is 12.9. The maximum atomic E-state index is 6.09. The van der Waals surface area contributed by atoms with Crippen molar-refractivity contribution in [3.63, 3.8) is 0 Å². The lowest BCUT2D eigenvalue weighted by Gasteiger charge is -2.30. The topological polar surface area (TPSA) is 42.5 Å². The molecule has 1 heterocycles. The van der Waals surface area contributed by atoms with Crippen LogP contribution in [0.2, 0.25) is 0 Å². The molecule has 4 aromatic rings. The molecule has 1 aliphatic heterocycles. The first-order chi connectivity index (χ1) is 14.3. The van der Waals surface area contributed by atoms with Gasteiger partial charge in [0.1, 0.15) is 12.8 Å². The van der Waals surface area contributed by atoms with Crippen LogP contribution in [0.1, 0.15) is 17.3 Å². The van der Waals surface area contributed by atoms with Crippen LogP contribution in [0.5, 0.6) is 11.5 Å². The molecule has 0 amide bonds. The quantitative estimate of drug-likeness (QED) is 0.447. The van der Waals surface area contributed by atoms with E-state index in [0.717, 1.165) is 34.0 Å². The van der Waals surface area contributed by atoms with E-state index < -0.39 is 0 Å². The lowest BCUT2D eigenvalue weighted by atomic mass is 10.0. The van der Waals surface area contributed by atoms with Crippen molar-refractivity contribution >= 4 is 22.1 Å². The number of methoxy groups -OCH3 is 1. The van der Waals surface area contributed by atoms with E-state index in [2.05, 4.69) is 65.2 Å². The van der Waals surface area contributed by atoms with Crippen molar-refractivity contribution in [1.29, 1.82) is 0 Å². The SMILES string of the molecule is COc1ccc(C2Nc3cccc4cccc(c34)N2)cc1OCc1ccccc1. The number of ether oxygens (including phenoxy) is 2. The smallest absolute Gasteiger partial charge is 0.162 e. The molecule has 4 aromatic carbocycles. The van der Waals surface area contributed by atoms with E-state index in [9.17, 15) is 0 Å². The number of benzene rings is 4. The summed E-state index contributed by atoms with van der Waals surface area (Å²) in [6.45, 7) is 0.494. The van der Waals surface area contributed by atoms with Crippen molar-refractivity contribution in [2.75, 3.05) is 17.7 Å². The number of anilines is 2. The van der Waals surface area contributed by atoms with E-state index in [1.54, 1.807) is 7.11 Å². The zero-order valence-corrected chi connectivity index (χ0v) is 16.2. The maximum absolute atomic E-state index is 6.09. The van der Waals surface area contributed by atoms with Crippen LogP contribution in [0.4, 0.5) is 11.4 Å². The lowest BCUT2D eigenvalue weighted by Crippen LogP contribution is -2.23. The molecular weight excluding hydrogens is 360 g/mol. The molecule has 0 aromatic heterocycles. The molecule has 0 fully saturated rings. The molecule has 144 valence electrons. The van der Waals surface area contributed by atoms with E-state index in [4.69, 9.17) is 9.47 Å². The van der Waals surface area contributed by atoms with Gasteiger partial charge >= 0.3 is 0 Å². The second-order valence-electron chi connectivity index (χ2n) is 7.12. The van der Waals surface area contributed by atoms with Gasteiger partial charge in [0.2, 0.25) is 0 Å². The van der Waals surface area contributed by atoms with Crippen molar-refractivity contribution in [2.24, 2.45) is 0 Å². The first kappa shape index (κ1) is 17.4. The molecule has 0 radical (unpaired) electrons. The van der Waals surface area contributed by atoms with Crippen LogP contribution in [0.25, 0.3) is 10.8 Å². The Kier molecular flexibility index (Phi) is 4.45. The Hall–Kier alpha value is -3.66. The third kappa shape index (κ3) is 3.34. The first-order valence-electron chi connectivity index (χ1n) is 9.71. The van der Waals surface area contributed by atoms with Crippen molar-refractivity contribution in [3.05, 3.63) is 96.1 Å². The van der Waals surface area contributed by atoms with Crippen molar-refractivity contribution in [3.8, 4) is 11.5 Å². The third-order valence-electron chi connectivity index (χ3n) is 5.26. The van der Waals surface area contributed by atoms with Crippen LogP contribution < -0.4 is 20.1 Å². The predicted octanol–water partition coefficient (Wildman–Crippen LogP) is 5.96. The van der Waals surface area contributed by atoms with Gasteiger partial charge in [-0.25, -0.2) is 0 Å². The first-order valence-corrected chi connectivity index (χ1v) is 9.71. The lowest BCUT2D eigenvalue weighted by molar-refractivity contribution is 0.284. The van der Waals surface area contributed by atoms with Gasteiger partial charge in [-0.1, -0.05) is 60.7 Å². The van der Waals surface area contributed by atoms with Crippen molar-refractivity contribution < 1.29 is 9.47 Å². The van der Waals surface area contributed by atoms with Crippen LogP contribution in [0.3, 0.4) is 0 Å². The predicted molar refractivity (Wildman–Crippen MR) is 118 cm³/mol. The van der Waals surface area contributed by atoms with Gasteiger partial charge in [-0.2, -0.15) is 0 Å². The molecule has 1 aliphatic rings. The molecule has 0 saturated heterocycles. The average Bonchev–Trinajstić information content (AvgIpc) is 2.78. The van der Waals surface area contributed by atoms with E-state index >= 15 is 0 Å². The summed E-state index contributed by atoms with van der Waals surface area (Å²) in [5.41, 5.74) is 4.46. The molecule has 0 bridgehead atoms. The molecule has 4 nitrogen and oxygen atoms in total. The van der Waals surface area contributed by atoms with E-state index in [1.807, 2.05) is 30.3 Å². The van der Waals surface area contributed by atoms with Gasteiger partial charge in [0.05, 0.1) is 7.11 Å². The summed E-state index contributed by atoms with van der Waals surface area (Å²) in [5.74, 6) is 1.46. The highest BCUT2D eigenvalue weighted by molar-refractivity contribution is 6.04. The van der Waals surface area contributed by atoms with Gasteiger partial charge in [0, 0.05) is 16.8 Å². The zero-order chi connectivity index (χ0) is 19.6. The third-order valence-corrected chi connectivity index (χ3v) is 5.26. The number of nitrogens with one attached hydrogen (secondary N) is 2. The van der Waals surface area contributed by atoms with Crippen LogP contribution in [0.15, 0.2) is 84.9 Å². The Bertz CT molecular complexity index is 1120. The van der Waals surface area contributed by atoms with Gasteiger partial charge in [0.15, 0.2) is 11.5 Å². The molecule has 4 heteroatoms. The largest absolute Gasteiger partial charge is 0.493 e. The second kappa shape index (κ2) is 7.40. The molecular formula is C25H22N2O2. The molecule has 0 saturated carbocycles. The van der Waals surface area contributed by atoms with Gasteiger partial charge in [-0.15, -0.1) is 0 Å². The summed E-state index contributed by atoms with van der Waals surface area (Å²) in [6, 6.07) is 28.9. The Morgan fingerprint density at radius 3 is 2.17 bits per heavy atom. The summed E-state index contributed by atoms with van der Waals surface area (Å²) >= 11 is 0. The monoisotopic (exact) mass is 382 g/mol. The minimum absolute atomic E-state index is 0.0551. The fraction of sp³-hybridized carbons (Fsp3) is 0.120. The Morgan fingerprint density at radius 2 is 1.48 bits per heavy atom. The molecule has 0 unspecified atom stereocenters. The van der Waals surface area contributed by atoms with Gasteiger partial charge in [0.25, 0.3) is 0 Å². The number of rotatable bonds is 5. The molecule has 29 heavy (non-hydrogen) atoms. The van der Waals surface area contributed by atoms with Crippen molar-refractivity contribution in [1.82, 2.24) is 0 Å². The molecule has 0 atom stereocenters. The fourth-order valence-electron chi connectivity index (χ4n) is 3.82. The summed E-state index contributed by atoms with van der Waals surface area (Å²) < 4.78 is 11.6. The summed E-state index contributed by atoms with van der Waals surface area (Å²) in [7, 11) is 1.67. The highest BCUT2D eigenvalue weighted by Gasteiger charge is 2.21. The Labute approximate surface area is 170 Å². The maximum Gasteiger partial charge on any atom is 0.162 e. The van der Waals surface area contributed by atoms with Crippen LogP contribution in [-0.2, 0) is 6.61 Å². The highest BCUT2D eigenvalue weighted by atomic mass is 16.5. The van der Waals surface area contributed by atoms with E-state index in [0.29, 0.717) is 6.61 Å². The van der Waals surface area contributed by atoms with E-state index in [1.165, 1.54) is 10.8 Å². The number of hydrogen-bond acceptors (Lipinski definition) is 4. The van der Waals surface area contributed by atoms with Crippen LogP contribution in [-0.4, -0.2) is 7.11 Å². The Morgan fingerprint density at radius 1 is 0.759 bits per heavy atom. The average molecular weight is 382 g/mol. The van der Waals surface area contributed by atoms with E-state index in [-0.39, 0.29) is 6.17 Å². The van der Waals surface area contributed by atoms with Gasteiger partial charge in [-0.3, -0.25) is 0 Å². The van der Waals surface area contributed by atoms with Gasteiger partial charge in [-0.05, 0) is 40.8 Å². The summed E-state index contributed by atoms with van der Waals surface area (Å²) in [4.78, 5) is 0.